The van der Waals surface area contributed by atoms with Crippen molar-refractivity contribution in [1.82, 2.24) is 9.29 Å². The molecular weight excluding hydrogens is 300 g/mol. The van der Waals surface area contributed by atoms with Crippen molar-refractivity contribution in [2.24, 2.45) is 0 Å². The van der Waals surface area contributed by atoms with E-state index in [0.29, 0.717) is 6.54 Å². The lowest BCUT2D eigenvalue weighted by atomic mass is 9.95. The maximum atomic E-state index is 13.0. The molecule has 118 valence electrons. The van der Waals surface area contributed by atoms with Gasteiger partial charge < -0.3 is 4.42 Å². The lowest BCUT2D eigenvalue weighted by molar-refractivity contribution is 0.247. The second kappa shape index (κ2) is 6.62. The topological polar surface area (TPSA) is 63.4 Å². The zero-order chi connectivity index (χ0) is 15.4. The number of sulfonamides is 1. The lowest BCUT2D eigenvalue weighted by Crippen LogP contribution is -2.40. The highest BCUT2D eigenvalue weighted by molar-refractivity contribution is 7.89. The molecule has 0 N–H and O–H groups in total. The number of furan rings is 1. The molecule has 3 rings (SSSR count). The van der Waals surface area contributed by atoms with Gasteiger partial charge in [-0.25, -0.2) is 8.42 Å². The maximum absolute atomic E-state index is 13.0. The van der Waals surface area contributed by atoms with Gasteiger partial charge in [-0.05, 0) is 31.0 Å². The fraction of sp³-hybridized carbons (Fsp3) is 0.438. The van der Waals surface area contributed by atoms with E-state index in [1.165, 1.54) is 12.6 Å². The summed E-state index contributed by atoms with van der Waals surface area (Å²) in [5.74, 6) is 0. The molecule has 0 spiro atoms. The smallest absolute Gasteiger partial charge is 0.245 e. The quantitative estimate of drug-likeness (QED) is 0.848. The van der Waals surface area contributed by atoms with Crippen LogP contribution in [0.25, 0.3) is 0 Å². The summed E-state index contributed by atoms with van der Waals surface area (Å²) >= 11 is 0. The molecular formula is C16H20N2O3S. The van der Waals surface area contributed by atoms with Gasteiger partial charge in [0.1, 0.15) is 4.90 Å². The standard InChI is InChI=1S/C16H20N2O3S/c19-22(20,16-7-4-9-17-11-16)18(12-14-8-10-21-13-14)15-5-2-1-3-6-15/h4,7-11,13,15H,1-3,5-6,12H2. The Kier molecular flexibility index (Phi) is 4.59. The summed E-state index contributed by atoms with van der Waals surface area (Å²) in [6, 6.07) is 5.13. The third-order valence-electron chi connectivity index (χ3n) is 4.14. The van der Waals surface area contributed by atoms with Crippen molar-refractivity contribution in [3.8, 4) is 0 Å². The molecule has 0 unspecified atom stereocenters. The number of hydrogen-bond acceptors (Lipinski definition) is 4. The van der Waals surface area contributed by atoms with Gasteiger partial charge in [-0.15, -0.1) is 0 Å². The molecule has 2 heterocycles. The van der Waals surface area contributed by atoms with Crippen molar-refractivity contribution in [2.75, 3.05) is 0 Å². The van der Waals surface area contributed by atoms with Crippen molar-refractivity contribution in [2.45, 2.75) is 49.6 Å². The molecule has 0 aliphatic heterocycles. The van der Waals surface area contributed by atoms with E-state index in [-0.39, 0.29) is 10.9 Å². The van der Waals surface area contributed by atoms with Gasteiger partial charge in [0, 0.05) is 30.5 Å². The van der Waals surface area contributed by atoms with E-state index in [4.69, 9.17) is 4.42 Å². The fourth-order valence-electron chi connectivity index (χ4n) is 2.98. The normalized spacial score (nSPS) is 17.0. The summed E-state index contributed by atoms with van der Waals surface area (Å²) in [5, 5.41) is 0. The number of pyridine rings is 1. The second-order valence-corrected chi connectivity index (χ2v) is 7.55. The largest absolute Gasteiger partial charge is 0.472 e. The van der Waals surface area contributed by atoms with Gasteiger partial charge in [0.2, 0.25) is 10.0 Å². The predicted molar refractivity (Wildman–Crippen MR) is 82.5 cm³/mol. The van der Waals surface area contributed by atoms with Crippen LogP contribution in [0.3, 0.4) is 0 Å². The molecule has 0 atom stereocenters. The summed E-state index contributed by atoms with van der Waals surface area (Å²) in [6.07, 6.45) is 11.3. The van der Waals surface area contributed by atoms with E-state index in [9.17, 15) is 8.42 Å². The first kappa shape index (κ1) is 15.2. The molecule has 0 saturated heterocycles. The second-order valence-electron chi connectivity index (χ2n) is 5.66. The summed E-state index contributed by atoms with van der Waals surface area (Å²) in [6.45, 7) is 0.346. The first-order chi connectivity index (χ1) is 10.7. The number of aromatic nitrogens is 1. The van der Waals surface area contributed by atoms with Crippen LogP contribution in [-0.4, -0.2) is 23.7 Å². The molecule has 1 saturated carbocycles. The van der Waals surface area contributed by atoms with Gasteiger partial charge in [0.25, 0.3) is 0 Å². The van der Waals surface area contributed by atoms with E-state index in [2.05, 4.69) is 4.98 Å². The first-order valence-electron chi connectivity index (χ1n) is 7.61. The minimum absolute atomic E-state index is 0.0499. The van der Waals surface area contributed by atoms with E-state index >= 15 is 0 Å². The van der Waals surface area contributed by atoms with Gasteiger partial charge in [0.15, 0.2) is 0 Å². The molecule has 0 amide bonds. The molecule has 2 aromatic rings. The molecule has 5 nitrogen and oxygen atoms in total. The number of rotatable bonds is 5. The fourth-order valence-corrected chi connectivity index (χ4v) is 4.61. The Balaban J connectivity index is 1.93. The van der Waals surface area contributed by atoms with Crippen molar-refractivity contribution in [3.05, 3.63) is 48.7 Å². The van der Waals surface area contributed by atoms with Gasteiger partial charge in [0.05, 0.1) is 12.5 Å². The van der Waals surface area contributed by atoms with Crippen LogP contribution in [0.5, 0.6) is 0 Å². The Morgan fingerprint density at radius 2 is 2.05 bits per heavy atom. The van der Waals surface area contributed by atoms with Gasteiger partial charge in [-0.2, -0.15) is 4.31 Å². The molecule has 0 bridgehead atoms. The van der Waals surface area contributed by atoms with E-state index < -0.39 is 10.0 Å². The summed E-state index contributed by atoms with van der Waals surface area (Å²) in [4.78, 5) is 4.20. The maximum Gasteiger partial charge on any atom is 0.245 e. The van der Waals surface area contributed by atoms with Gasteiger partial charge in [-0.3, -0.25) is 4.98 Å². The number of hydrogen-bond donors (Lipinski definition) is 0. The highest BCUT2D eigenvalue weighted by Crippen LogP contribution is 2.29. The SMILES string of the molecule is O=S(=O)(c1cccnc1)N(Cc1ccoc1)C1CCCCC1. The van der Waals surface area contributed by atoms with Crippen molar-refractivity contribution in [1.29, 1.82) is 0 Å². The van der Waals surface area contributed by atoms with Crippen LogP contribution in [0.1, 0.15) is 37.7 Å². The summed E-state index contributed by atoms with van der Waals surface area (Å²) in [5.41, 5.74) is 0.873. The van der Waals surface area contributed by atoms with Crippen LogP contribution < -0.4 is 0 Å². The molecule has 1 fully saturated rings. The van der Waals surface area contributed by atoms with Crippen LogP contribution in [0, 0.1) is 0 Å². The molecule has 0 radical (unpaired) electrons. The highest BCUT2D eigenvalue weighted by Gasteiger charge is 2.32. The van der Waals surface area contributed by atoms with Gasteiger partial charge >= 0.3 is 0 Å². The lowest BCUT2D eigenvalue weighted by Gasteiger charge is -2.33. The molecule has 1 aliphatic carbocycles. The van der Waals surface area contributed by atoms with Crippen molar-refractivity contribution in [3.63, 3.8) is 0 Å². The van der Waals surface area contributed by atoms with Crippen molar-refractivity contribution < 1.29 is 12.8 Å². The first-order valence-corrected chi connectivity index (χ1v) is 9.05. The van der Waals surface area contributed by atoms with Crippen LogP contribution in [0.15, 0.2) is 52.4 Å². The van der Waals surface area contributed by atoms with E-state index in [1.807, 2.05) is 6.07 Å². The third kappa shape index (κ3) is 3.23. The minimum Gasteiger partial charge on any atom is -0.472 e. The molecule has 2 aromatic heterocycles. The average molecular weight is 320 g/mol. The van der Waals surface area contributed by atoms with E-state index in [1.54, 1.807) is 35.2 Å². The average Bonchev–Trinajstić information content (AvgIpc) is 3.07. The Hall–Kier alpha value is -1.66. The Morgan fingerprint density at radius 1 is 1.23 bits per heavy atom. The van der Waals surface area contributed by atoms with Crippen LogP contribution >= 0.6 is 0 Å². The number of nitrogens with zero attached hydrogens (tertiary/aromatic N) is 2. The van der Waals surface area contributed by atoms with Crippen LogP contribution in [0.2, 0.25) is 0 Å². The Bertz CT molecular complexity index is 677. The zero-order valence-corrected chi connectivity index (χ0v) is 13.2. The summed E-state index contributed by atoms with van der Waals surface area (Å²) in [7, 11) is -3.55. The third-order valence-corrected chi connectivity index (χ3v) is 6.02. The Morgan fingerprint density at radius 3 is 2.68 bits per heavy atom. The van der Waals surface area contributed by atoms with E-state index in [0.717, 1.165) is 31.2 Å². The molecule has 1 aliphatic rings. The summed E-state index contributed by atoms with van der Waals surface area (Å²) < 4.78 is 32.7. The zero-order valence-electron chi connectivity index (χ0n) is 12.4. The van der Waals surface area contributed by atoms with Crippen molar-refractivity contribution >= 4 is 10.0 Å². The van der Waals surface area contributed by atoms with Gasteiger partial charge in [-0.1, -0.05) is 19.3 Å². The van der Waals surface area contributed by atoms with Crippen LogP contribution in [0.4, 0.5) is 0 Å². The monoisotopic (exact) mass is 320 g/mol. The Labute approximate surface area is 131 Å². The highest BCUT2D eigenvalue weighted by atomic mass is 32.2. The molecule has 6 heteroatoms. The van der Waals surface area contributed by atoms with Crippen LogP contribution in [-0.2, 0) is 16.6 Å². The predicted octanol–water partition coefficient (Wildman–Crippen LogP) is 3.20. The molecule has 22 heavy (non-hydrogen) atoms. The minimum atomic E-state index is -3.55. The molecule has 0 aromatic carbocycles.